The van der Waals surface area contributed by atoms with Crippen LogP contribution in [0.2, 0.25) is 0 Å². The molecule has 0 aliphatic rings. The van der Waals surface area contributed by atoms with Crippen LogP contribution in [0.1, 0.15) is 27.0 Å². The Bertz CT molecular complexity index is 959. The first-order valence-electron chi connectivity index (χ1n) is 8.07. The Hall–Kier alpha value is -2.73. The highest BCUT2D eigenvalue weighted by atomic mass is 32.1. The zero-order valence-corrected chi connectivity index (χ0v) is 15.8. The van der Waals surface area contributed by atoms with E-state index in [1.165, 1.54) is 36.1 Å². The average Bonchev–Trinajstić information content (AvgIpc) is 3.01. The van der Waals surface area contributed by atoms with Gasteiger partial charge in [-0.15, -0.1) is 11.3 Å². The van der Waals surface area contributed by atoms with Crippen molar-refractivity contribution in [2.24, 2.45) is 0 Å². The number of anilines is 1. The number of halogens is 1. The fourth-order valence-corrected chi connectivity index (χ4v) is 3.70. The Morgan fingerprint density at radius 1 is 1.15 bits per heavy atom. The third-order valence-electron chi connectivity index (χ3n) is 4.07. The zero-order chi connectivity index (χ0) is 18.8. The van der Waals surface area contributed by atoms with Crippen LogP contribution in [0, 0.1) is 26.6 Å². The summed E-state index contributed by atoms with van der Waals surface area (Å²) < 4.78 is 18.6. The Balaban J connectivity index is 1.83. The Kier molecular flexibility index (Phi) is 5.04. The van der Waals surface area contributed by atoms with Gasteiger partial charge in [-0.05, 0) is 50.1 Å². The zero-order valence-electron chi connectivity index (χ0n) is 15.0. The maximum Gasteiger partial charge on any atom is 0.257 e. The van der Waals surface area contributed by atoms with Crippen molar-refractivity contribution in [3.8, 4) is 17.0 Å². The highest BCUT2D eigenvalue weighted by Gasteiger charge is 2.14. The SMILES string of the molecule is COc1ccc(C(=O)Nc2nc(-c3c(C)cc(C)cc3C)cs2)cc1F. The second kappa shape index (κ2) is 7.25. The third kappa shape index (κ3) is 3.60. The minimum absolute atomic E-state index is 0.100. The number of carbonyl (C=O) groups is 1. The third-order valence-corrected chi connectivity index (χ3v) is 4.83. The Morgan fingerprint density at radius 3 is 2.46 bits per heavy atom. The summed E-state index contributed by atoms with van der Waals surface area (Å²) in [6, 6.07) is 8.31. The van der Waals surface area contributed by atoms with E-state index in [-0.39, 0.29) is 11.3 Å². The molecule has 6 heteroatoms. The summed E-state index contributed by atoms with van der Waals surface area (Å²) in [5.74, 6) is -0.890. The number of benzene rings is 2. The lowest BCUT2D eigenvalue weighted by Crippen LogP contribution is -2.12. The van der Waals surface area contributed by atoms with Gasteiger partial charge in [-0.25, -0.2) is 9.37 Å². The smallest absolute Gasteiger partial charge is 0.257 e. The predicted octanol–water partition coefficient (Wildman–Crippen LogP) is 5.14. The standard InChI is InChI=1S/C20H19FN2O2S/c1-11-7-12(2)18(13(3)8-11)16-10-26-20(22-16)23-19(24)14-5-6-17(25-4)15(21)9-14/h5-10H,1-4H3,(H,22,23,24). The van der Waals surface area contributed by atoms with Crippen molar-refractivity contribution in [1.82, 2.24) is 4.98 Å². The molecule has 0 fully saturated rings. The number of hydrogen-bond donors (Lipinski definition) is 1. The molecule has 4 nitrogen and oxygen atoms in total. The van der Waals surface area contributed by atoms with E-state index < -0.39 is 11.7 Å². The number of ether oxygens (including phenoxy) is 1. The van der Waals surface area contributed by atoms with Crippen LogP contribution in [0.15, 0.2) is 35.7 Å². The van der Waals surface area contributed by atoms with Crippen LogP contribution in [0.25, 0.3) is 11.3 Å². The quantitative estimate of drug-likeness (QED) is 0.692. The van der Waals surface area contributed by atoms with E-state index in [1.807, 2.05) is 19.2 Å². The summed E-state index contributed by atoms with van der Waals surface area (Å²) in [7, 11) is 1.38. The molecule has 1 heterocycles. The van der Waals surface area contributed by atoms with Crippen LogP contribution in [0.3, 0.4) is 0 Å². The summed E-state index contributed by atoms with van der Waals surface area (Å²) in [4.78, 5) is 16.9. The van der Waals surface area contributed by atoms with Crippen molar-refractivity contribution in [2.45, 2.75) is 20.8 Å². The van der Waals surface area contributed by atoms with Gasteiger partial charge in [0.25, 0.3) is 5.91 Å². The fraction of sp³-hybridized carbons (Fsp3) is 0.200. The van der Waals surface area contributed by atoms with E-state index >= 15 is 0 Å². The normalized spacial score (nSPS) is 10.7. The van der Waals surface area contributed by atoms with Gasteiger partial charge >= 0.3 is 0 Å². The summed E-state index contributed by atoms with van der Waals surface area (Å²) in [6.07, 6.45) is 0. The molecule has 0 spiro atoms. The van der Waals surface area contributed by atoms with E-state index in [9.17, 15) is 9.18 Å². The Labute approximate surface area is 155 Å². The van der Waals surface area contributed by atoms with Gasteiger partial charge < -0.3 is 4.74 Å². The first-order chi connectivity index (χ1) is 12.4. The molecular weight excluding hydrogens is 351 g/mol. The van der Waals surface area contributed by atoms with Crippen molar-refractivity contribution in [3.63, 3.8) is 0 Å². The molecule has 0 bridgehead atoms. The van der Waals surface area contributed by atoms with Gasteiger partial charge in [-0.2, -0.15) is 0 Å². The van der Waals surface area contributed by atoms with Gasteiger partial charge in [0, 0.05) is 16.5 Å². The number of rotatable bonds is 4. The van der Waals surface area contributed by atoms with Gasteiger partial charge in [-0.3, -0.25) is 10.1 Å². The van der Waals surface area contributed by atoms with Crippen molar-refractivity contribution in [1.29, 1.82) is 0 Å². The monoisotopic (exact) mass is 370 g/mol. The van der Waals surface area contributed by atoms with Gasteiger partial charge in [0.1, 0.15) is 0 Å². The molecule has 0 unspecified atom stereocenters. The molecule has 3 aromatic rings. The van der Waals surface area contributed by atoms with Crippen LogP contribution in [0.4, 0.5) is 9.52 Å². The number of nitrogens with zero attached hydrogens (tertiary/aromatic N) is 1. The van der Waals surface area contributed by atoms with Gasteiger partial charge in [-0.1, -0.05) is 17.7 Å². The summed E-state index contributed by atoms with van der Waals surface area (Å²) >= 11 is 1.34. The van der Waals surface area contributed by atoms with Crippen LogP contribution < -0.4 is 10.1 Å². The van der Waals surface area contributed by atoms with Crippen molar-refractivity contribution in [2.75, 3.05) is 12.4 Å². The van der Waals surface area contributed by atoms with E-state index in [4.69, 9.17) is 4.74 Å². The van der Waals surface area contributed by atoms with Crippen molar-refractivity contribution in [3.05, 3.63) is 63.8 Å². The van der Waals surface area contributed by atoms with Crippen molar-refractivity contribution >= 4 is 22.4 Å². The minimum Gasteiger partial charge on any atom is -0.494 e. The number of thiazole rings is 1. The van der Waals surface area contributed by atoms with Crippen molar-refractivity contribution < 1.29 is 13.9 Å². The van der Waals surface area contributed by atoms with Gasteiger partial charge in [0.15, 0.2) is 16.7 Å². The predicted molar refractivity (Wildman–Crippen MR) is 103 cm³/mol. The van der Waals surface area contributed by atoms with Crippen LogP contribution in [-0.2, 0) is 0 Å². The maximum atomic E-state index is 13.8. The molecule has 2 aromatic carbocycles. The number of carbonyl (C=O) groups excluding carboxylic acids is 1. The summed E-state index contributed by atoms with van der Waals surface area (Å²) in [5, 5.41) is 5.11. The lowest BCUT2D eigenvalue weighted by molar-refractivity contribution is 0.102. The lowest BCUT2D eigenvalue weighted by atomic mass is 9.98. The molecule has 0 saturated carbocycles. The number of aromatic nitrogens is 1. The lowest BCUT2D eigenvalue weighted by Gasteiger charge is -2.09. The van der Waals surface area contributed by atoms with E-state index in [0.29, 0.717) is 5.13 Å². The minimum atomic E-state index is -0.578. The molecule has 0 atom stereocenters. The second-order valence-corrected chi connectivity index (χ2v) is 6.97. The summed E-state index contributed by atoms with van der Waals surface area (Å²) in [5.41, 5.74) is 5.59. The maximum absolute atomic E-state index is 13.8. The molecule has 0 radical (unpaired) electrons. The van der Waals surface area contributed by atoms with Crippen LogP contribution in [-0.4, -0.2) is 18.0 Å². The number of methoxy groups -OCH3 is 1. The number of amides is 1. The topological polar surface area (TPSA) is 51.2 Å². The van der Waals surface area contributed by atoms with Crippen LogP contribution >= 0.6 is 11.3 Å². The van der Waals surface area contributed by atoms with E-state index in [2.05, 4.69) is 29.4 Å². The Morgan fingerprint density at radius 2 is 1.85 bits per heavy atom. The second-order valence-electron chi connectivity index (χ2n) is 6.12. The molecule has 1 aromatic heterocycles. The number of aryl methyl sites for hydroxylation is 3. The van der Waals surface area contributed by atoms with Gasteiger partial charge in [0.2, 0.25) is 0 Å². The molecular formula is C20H19FN2O2S. The first kappa shape index (κ1) is 18.1. The molecule has 3 rings (SSSR count). The number of hydrogen-bond acceptors (Lipinski definition) is 4. The molecule has 134 valence electrons. The molecule has 1 N–H and O–H groups in total. The summed E-state index contributed by atoms with van der Waals surface area (Å²) in [6.45, 7) is 6.16. The number of nitrogens with one attached hydrogen (secondary N) is 1. The van der Waals surface area contributed by atoms with Crippen LogP contribution in [0.5, 0.6) is 5.75 Å². The fourth-order valence-electron chi connectivity index (χ4n) is 3.01. The van der Waals surface area contributed by atoms with Gasteiger partial charge in [0.05, 0.1) is 12.8 Å². The molecule has 0 saturated heterocycles. The largest absolute Gasteiger partial charge is 0.494 e. The highest BCUT2D eigenvalue weighted by Crippen LogP contribution is 2.31. The first-order valence-corrected chi connectivity index (χ1v) is 8.95. The molecule has 26 heavy (non-hydrogen) atoms. The van der Waals surface area contributed by atoms with E-state index in [0.717, 1.165) is 28.5 Å². The average molecular weight is 370 g/mol. The molecule has 0 aliphatic heterocycles. The molecule has 1 amide bonds. The van der Waals surface area contributed by atoms with E-state index in [1.54, 1.807) is 0 Å². The molecule has 0 aliphatic carbocycles. The highest BCUT2D eigenvalue weighted by molar-refractivity contribution is 7.14.